The average molecular weight is 278 g/mol. The summed E-state index contributed by atoms with van der Waals surface area (Å²) in [6, 6.07) is 7.24. The number of anilines is 1. The Morgan fingerprint density at radius 3 is 2.25 bits per heavy atom. The Kier molecular flexibility index (Phi) is 5.70. The van der Waals surface area contributed by atoms with Crippen LogP contribution in [0.5, 0.6) is 0 Å². The van der Waals surface area contributed by atoms with E-state index in [4.69, 9.17) is 5.11 Å². The van der Waals surface area contributed by atoms with Gasteiger partial charge >= 0.3 is 0 Å². The van der Waals surface area contributed by atoms with E-state index >= 15 is 0 Å². The first-order valence-corrected chi connectivity index (χ1v) is 6.61. The van der Waals surface area contributed by atoms with Gasteiger partial charge in [-0.05, 0) is 24.1 Å². The molecule has 5 nitrogen and oxygen atoms in total. The van der Waals surface area contributed by atoms with Crippen LogP contribution >= 0.6 is 0 Å². The predicted molar refractivity (Wildman–Crippen MR) is 78.3 cm³/mol. The van der Waals surface area contributed by atoms with Crippen LogP contribution in [-0.4, -0.2) is 30.1 Å². The van der Waals surface area contributed by atoms with Crippen LogP contribution in [0.2, 0.25) is 0 Å². The van der Waals surface area contributed by atoms with Crippen LogP contribution in [0.3, 0.4) is 0 Å². The van der Waals surface area contributed by atoms with Gasteiger partial charge < -0.3 is 15.7 Å². The van der Waals surface area contributed by atoms with Crippen molar-refractivity contribution < 1.29 is 14.7 Å². The average Bonchev–Trinajstić information content (AvgIpc) is 2.37. The zero-order chi connectivity index (χ0) is 15.2. The molecule has 0 saturated heterocycles. The number of benzene rings is 1. The molecule has 0 aliphatic rings. The fourth-order valence-corrected chi connectivity index (χ4v) is 1.51. The maximum absolute atomic E-state index is 11.7. The van der Waals surface area contributed by atoms with E-state index in [1.807, 2.05) is 12.1 Å². The Labute approximate surface area is 119 Å². The molecular weight excluding hydrogens is 256 g/mol. The molecule has 0 radical (unpaired) electrons. The van der Waals surface area contributed by atoms with Crippen molar-refractivity contribution in [3.8, 4) is 0 Å². The molecule has 1 aromatic carbocycles. The second-order valence-corrected chi connectivity index (χ2v) is 5.65. The van der Waals surface area contributed by atoms with Crippen LogP contribution in [0.15, 0.2) is 24.3 Å². The van der Waals surface area contributed by atoms with Crippen molar-refractivity contribution in [2.45, 2.75) is 27.2 Å². The van der Waals surface area contributed by atoms with Crippen LogP contribution < -0.4 is 10.6 Å². The van der Waals surface area contributed by atoms with Gasteiger partial charge in [-0.2, -0.15) is 0 Å². The number of aliphatic hydroxyl groups excluding tert-OH is 1. The summed E-state index contributed by atoms with van der Waals surface area (Å²) in [6.07, 6.45) is 0.593. The first-order valence-electron chi connectivity index (χ1n) is 6.61. The lowest BCUT2D eigenvalue weighted by Crippen LogP contribution is -2.39. The van der Waals surface area contributed by atoms with E-state index in [1.165, 1.54) is 0 Å². The van der Waals surface area contributed by atoms with E-state index in [1.54, 1.807) is 32.9 Å². The summed E-state index contributed by atoms with van der Waals surface area (Å²) in [5, 5.41) is 14.1. The molecule has 20 heavy (non-hydrogen) atoms. The quantitative estimate of drug-likeness (QED) is 0.760. The SMILES string of the molecule is CC(C)(C)C(=O)NCC(=O)Nc1ccc(CCO)cc1. The normalized spacial score (nSPS) is 11.0. The molecule has 3 N–H and O–H groups in total. The second kappa shape index (κ2) is 7.05. The Balaban J connectivity index is 2.44. The number of hydrogen-bond acceptors (Lipinski definition) is 3. The van der Waals surface area contributed by atoms with Gasteiger partial charge in [0, 0.05) is 17.7 Å². The van der Waals surface area contributed by atoms with Crippen LogP contribution in [0.4, 0.5) is 5.69 Å². The van der Waals surface area contributed by atoms with Crippen LogP contribution in [0, 0.1) is 5.41 Å². The molecule has 5 heteroatoms. The lowest BCUT2D eigenvalue weighted by atomic mass is 9.96. The lowest BCUT2D eigenvalue weighted by molar-refractivity contribution is -0.130. The van der Waals surface area contributed by atoms with Crippen LogP contribution in [0.1, 0.15) is 26.3 Å². The summed E-state index contributed by atoms with van der Waals surface area (Å²) in [4.78, 5) is 23.3. The number of carbonyl (C=O) groups is 2. The van der Waals surface area contributed by atoms with Gasteiger partial charge in [0.15, 0.2) is 0 Å². The van der Waals surface area contributed by atoms with Gasteiger partial charge in [-0.25, -0.2) is 0 Å². The van der Waals surface area contributed by atoms with Crippen molar-refractivity contribution in [3.05, 3.63) is 29.8 Å². The maximum atomic E-state index is 11.7. The number of rotatable bonds is 5. The Morgan fingerprint density at radius 1 is 1.15 bits per heavy atom. The molecule has 2 amide bonds. The molecule has 0 saturated carbocycles. The third-order valence-corrected chi connectivity index (χ3v) is 2.73. The molecule has 1 aromatic rings. The van der Waals surface area contributed by atoms with E-state index in [0.717, 1.165) is 5.56 Å². The zero-order valence-corrected chi connectivity index (χ0v) is 12.2. The van der Waals surface area contributed by atoms with Crippen LogP contribution in [0.25, 0.3) is 0 Å². The Morgan fingerprint density at radius 2 is 1.75 bits per heavy atom. The first-order chi connectivity index (χ1) is 9.32. The molecule has 110 valence electrons. The fraction of sp³-hybridized carbons (Fsp3) is 0.467. The van der Waals surface area contributed by atoms with Gasteiger partial charge in [-0.1, -0.05) is 32.9 Å². The van der Waals surface area contributed by atoms with Crippen molar-refractivity contribution >= 4 is 17.5 Å². The minimum Gasteiger partial charge on any atom is -0.396 e. The van der Waals surface area contributed by atoms with E-state index < -0.39 is 5.41 Å². The van der Waals surface area contributed by atoms with E-state index in [9.17, 15) is 9.59 Å². The third-order valence-electron chi connectivity index (χ3n) is 2.73. The van der Waals surface area contributed by atoms with E-state index in [2.05, 4.69) is 10.6 Å². The molecule has 0 fully saturated rings. The van der Waals surface area contributed by atoms with Gasteiger partial charge in [0.25, 0.3) is 0 Å². The molecule has 0 spiro atoms. The summed E-state index contributed by atoms with van der Waals surface area (Å²) in [5.41, 5.74) is 1.17. The molecule has 0 atom stereocenters. The minimum absolute atomic E-state index is 0.0471. The predicted octanol–water partition coefficient (Wildman–Crippen LogP) is 1.32. The summed E-state index contributed by atoms with van der Waals surface area (Å²) in [7, 11) is 0. The smallest absolute Gasteiger partial charge is 0.243 e. The highest BCUT2D eigenvalue weighted by Gasteiger charge is 2.21. The molecule has 0 unspecified atom stereocenters. The summed E-state index contributed by atoms with van der Waals surface area (Å²) in [6.45, 7) is 5.43. The topological polar surface area (TPSA) is 78.4 Å². The highest BCUT2D eigenvalue weighted by molar-refractivity contribution is 5.95. The monoisotopic (exact) mass is 278 g/mol. The molecule has 0 bridgehead atoms. The number of hydrogen-bond donors (Lipinski definition) is 3. The number of carbonyl (C=O) groups excluding carboxylic acids is 2. The van der Waals surface area contributed by atoms with E-state index in [0.29, 0.717) is 12.1 Å². The number of amides is 2. The summed E-state index contributed by atoms with van der Waals surface area (Å²) < 4.78 is 0. The summed E-state index contributed by atoms with van der Waals surface area (Å²) in [5.74, 6) is -0.427. The molecule has 0 heterocycles. The fourth-order valence-electron chi connectivity index (χ4n) is 1.51. The lowest BCUT2D eigenvalue weighted by Gasteiger charge is -2.17. The zero-order valence-electron chi connectivity index (χ0n) is 12.2. The summed E-state index contributed by atoms with van der Waals surface area (Å²) >= 11 is 0. The standard InChI is InChI=1S/C15H22N2O3/c1-15(2,3)14(20)16-10-13(19)17-12-6-4-11(5-7-12)8-9-18/h4-7,18H,8-10H2,1-3H3,(H,16,20)(H,17,19). The first kappa shape index (κ1) is 16.2. The molecular formula is C15H22N2O3. The number of aliphatic hydroxyl groups is 1. The largest absolute Gasteiger partial charge is 0.396 e. The van der Waals surface area contributed by atoms with Gasteiger partial charge in [0.05, 0.1) is 6.54 Å². The second-order valence-electron chi connectivity index (χ2n) is 5.65. The van der Waals surface area contributed by atoms with Gasteiger partial charge in [-0.3, -0.25) is 9.59 Å². The minimum atomic E-state index is -0.508. The van der Waals surface area contributed by atoms with Crippen LogP contribution in [-0.2, 0) is 16.0 Å². The van der Waals surface area contributed by atoms with Gasteiger partial charge in [0.1, 0.15) is 0 Å². The maximum Gasteiger partial charge on any atom is 0.243 e. The van der Waals surface area contributed by atoms with Crippen molar-refractivity contribution in [2.24, 2.45) is 5.41 Å². The van der Waals surface area contributed by atoms with Crippen molar-refractivity contribution in [3.63, 3.8) is 0 Å². The third kappa shape index (κ3) is 5.40. The molecule has 1 rings (SSSR count). The van der Waals surface area contributed by atoms with Crippen molar-refractivity contribution in [1.29, 1.82) is 0 Å². The molecule has 0 aliphatic heterocycles. The van der Waals surface area contributed by atoms with E-state index in [-0.39, 0.29) is 25.0 Å². The Bertz CT molecular complexity index is 461. The van der Waals surface area contributed by atoms with Crippen molar-refractivity contribution in [1.82, 2.24) is 5.32 Å². The highest BCUT2D eigenvalue weighted by Crippen LogP contribution is 2.12. The van der Waals surface area contributed by atoms with Gasteiger partial charge in [0.2, 0.25) is 11.8 Å². The van der Waals surface area contributed by atoms with Gasteiger partial charge in [-0.15, -0.1) is 0 Å². The van der Waals surface area contributed by atoms with Crippen molar-refractivity contribution in [2.75, 3.05) is 18.5 Å². The molecule has 0 aromatic heterocycles. The molecule has 0 aliphatic carbocycles. The number of nitrogens with one attached hydrogen (secondary N) is 2. The Hall–Kier alpha value is -1.88. The highest BCUT2D eigenvalue weighted by atomic mass is 16.3.